The number of aromatic nitrogens is 1. The average molecular weight is 899 g/mol. The lowest BCUT2D eigenvalue weighted by Crippen LogP contribution is -2.43. The Kier molecular flexibility index (Phi) is 16.7. The number of hydrogen-bond donors (Lipinski definition) is 2. The number of benzene rings is 3. The van der Waals surface area contributed by atoms with Crippen molar-refractivity contribution in [3.8, 4) is 0 Å². The molecule has 63 heavy (non-hydrogen) atoms. The Morgan fingerprint density at radius 2 is 1.57 bits per heavy atom. The summed E-state index contributed by atoms with van der Waals surface area (Å²) < 4.78 is 47.8. The third-order valence-corrected chi connectivity index (χ3v) is 15.0. The summed E-state index contributed by atoms with van der Waals surface area (Å²) in [5, 5.41) is 9.21. The van der Waals surface area contributed by atoms with Gasteiger partial charge in [-0.25, -0.2) is 21.6 Å². The summed E-state index contributed by atoms with van der Waals surface area (Å²) in [6.07, 6.45) is 13.7. The number of rotatable bonds is 9. The van der Waals surface area contributed by atoms with Crippen molar-refractivity contribution >= 4 is 54.8 Å². The van der Waals surface area contributed by atoms with Crippen molar-refractivity contribution in [2.75, 3.05) is 48.4 Å². The van der Waals surface area contributed by atoms with E-state index in [1.165, 1.54) is 48.1 Å². The van der Waals surface area contributed by atoms with Crippen molar-refractivity contribution in [3.05, 3.63) is 131 Å². The third-order valence-electron chi connectivity index (χ3n) is 11.7. The summed E-state index contributed by atoms with van der Waals surface area (Å²) in [4.78, 5) is 37.3. The van der Waals surface area contributed by atoms with Crippen LogP contribution in [0.3, 0.4) is 0 Å². The fourth-order valence-corrected chi connectivity index (χ4v) is 11.5. The highest BCUT2D eigenvalue weighted by Gasteiger charge is 2.49. The Morgan fingerprint density at radius 1 is 0.905 bits per heavy atom. The fourth-order valence-electron chi connectivity index (χ4n) is 8.46. The van der Waals surface area contributed by atoms with E-state index in [9.17, 15) is 26.4 Å². The summed E-state index contributed by atoms with van der Waals surface area (Å²) >= 11 is 0. The maximum Gasteiger partial charge on any atom is 0.324 e. The zero-order valence-corrected chi connectivity index (χ0v) is 36.3. The number of hydrogen-bond acceptors (Lipinski definition) is 11. The lowest BCUT2D eigenvalue weighted by atomic mass is 9.94. The summed E-state index contributed by atoms with van der Waals surface area (Å²) in [6, 6.07) is 28.7. The predicted octanol–water partition coefficient (Wildman–Crippen LogP) is 7.87. The van der Waals surface area contributed by atoms with Gasteiger partial charge in [0, 0.05) is 74.1 Å². The van der Waals surface area contributed by atoms with Gasteiger partial charge in [-0.3, -0.25) is 14.7 Å². The molecule has 15 heteroatoms. The number of amides is 3. The zero-order valence-electron chi connectivity index (χ0n) is 34.7. The first-order valence-electron chi connectivity index (χ1n) is 21.0. The maximum absolute atomic E-state index is 12.3. The van der Waals surface area contributed by atoms with E-state index in [-0.39, 0.29) is 44.6 Å². The van der Waals surface area contributed by atoms with E-state index in [2.05, 4.69) is 37.8 Å². The molecule has 0 saturated carbocycles. The number of carbonyl (C=O) groups is 2. The van der Waals surface area contributed by atoms with Gasteiger partial charge in [0.15, 0.2) is 25.8 Å². The van der Waals surface area contributed by atoms with Gasteiger partial charge in [-0.05, 0) is 91.8 Å². The molecule has 1 aromatic heterocycles. The number of sulfone groups is 2. The van der Waals surface area contributed by atoms with Crippen LogP contribution in [0.4, 0.5) is 16.2 Å². The normalized spacial score (nSPS) is 21.0. The molecule has 4 unspecified atom stereocenters. The van der Waals surface area contributed by atoms with Crippen LogP contribution in [0.5, 0.6) is 0 Å². The van der Waals surface area contributed by atoms with Crippen molar-refractivity contribution < 1.29 is 31.3 Å². The van der Waals surface area contributed by atoms with E-state index in [1.54, 1.807) is 19.3 Å². The van der Waals surface area contributed by atoms with Gasteiger partial charge < -0.3 is 20.4 Å². The monoisotopic (exact) mass is 898 g/mol. The Labute approximate surface area is 373 Å². The molecule has 5 aliphatic rings. The van der Waals surface area contributed by atoms with Crippen molar-refractivity contribution in [1.82, 2.24) is 15.2 Å². The predicted molar refractivity (Wildman–Crippen MR) is 253 cm³/mol. The number of carbonyl (C=O) groups excluding carboxylic acids is 2. The minimum absolute atomic E-state index is 0. The van der Waals surface area contributed by atoms with Crippen molar-refractivity contribution in [3.63, 3.8) is 0 Å². The molecule has 338 valence electrons. The molecule has 4 aliphatic heterocycles. The molecule has 5 heterocycles. The number of aryl methyl sites for hydroxylation is 1. The Morgan fingerprint density at radius 3 is 2.22 bits per heavy atom. The molecular formula is C48H62N6O7S2. The molecule has 9 rings (SSSR count). The van der Waals surface area contributed by atoms with Gasteiger partial charge in [-0.15, -0.1) is 0 Å². The molecule has 2 N–H and O–H groups in total. The number of fused-ring (bicyclic) bond motifs is 2. The third kappa shape index (κ3) is 11.9. The quantitative estimate of drug-likeness (QED) is 0.169. The molecule has 13 nitrogen and oxygen atoms in total. The van der Waals surface area contributed by atoms with Gasteiger partial charge in [0.1, 0.15) is 17.0 Å². The van der Waals surface area contributed by atoms with Crippen LogP contribution >= 0.6 is 0 Å². The molecule has 0 spiro atoms. The number of nitrogens with zero attached hydrogens (tertiary/aromatic N) is 4. The molecule has 3 saturated heterocycles. The minimum Gasteiger partial charge on any atom is -0.390 e. The Balaban J connectivity index is 0.000000178. The smallest absolute Gasteiger partial charge is 0.324 e. The van der Waals surface area contributed by atoms with Gasteiger partial charge in [0.25, 0.3) is 5.91 Å². The van der Waals surface area contributed by atoms with E-state index in [1.807, 2.05) is 84.9 Å². The molecule has 1 aliphatic carbocycles. The summed E-state index contributed by atoms with van der Waals surface area (Å²) in [5.41, 5.74) is 6.85. The minimum atomic E-state index is -3.18. The summed E-state index contributed by atoms with van der Waals surface area (Å²) in [7, 11) is -6.25. The molecular weight excluding hydrogens is 837 g/mol. The largest absolute Gasteiger partial charge is 0.390 e. The van der Waals surface area contributed by atoms with Crippen LogP contribution in [-0.4, -0.2) is 100.0 Å². The first-order chi connectivity index (χ1) is 29.4. The second-order valence-electron chi connectivity index (χ2n) is 16.0. The highest BCUT2D eigenvalue weighted by atomic mass is 32.2. The highest BCUT2D eigenvalue weighted by molar-refractivity contribution is 7.94. The number of oxime groups is 1. The molecule has 4 atom stereocenters. The van der Waals surface area contributed by atoms with Crippen molar-refractivity contribution in [1.29, 1.82) is 0 Å². The lowest BCUT2D eigenvalue weighted by molar-refractivity contribution is -0.128. The summed E-state index contributed by atoms with van der Waals surface area (Å²) in [5.74, 6) is -0.0280. The van der Waals surface area contributed by atoms with E-state index in [0.717, 1.165) is 48.3 Å². The summed E-state index contributed by atoms with van der Waals surface area (Å²) in [6.45, 7) is 4.99. The zero-order chi connectivity index (χ0) is 43.0. The average Bonchev–Trinajstić information content (AvgIpc) is 4.01. The Hall–Kier alpha value is -5.54. The van der Waals surface area contributed by atoms with Gasteiger partial charge >= 0.3 is 6.03 Å². The van der Waals surface area contributed by atoms with E-state index >= 15 is 0 Å². The first-order valence-corrected chi connectivity index (χ1v) is 24.6. The number of pyridine rings is 1. The second kappa shape index (κ2) is 21.7. The maximum atomic E-state index is 12.3. The molecule has 4 aromatic rings. The SMILES string of the molecule is C.C.CC(Nc1ccc(N2CCCCCC2)cc1)C(=O)N1CCNC1=O.CS(=O)(=O)C1=Cc2ccccc2C1CCc1ccncc1.O=S1(=O)CCC2ON=C(c3ccccc3)C21. The van der Waals surface area contributed by atoms with Gasteiger partial charge in [-0.2, -0.15) is 0 Å². The molecule has 3 fully saturated rings. The molecule has 0 radical (unpaired) electrons. The molecule has 3 amide bonds. The van der Waals surface area contributed by atoms with Crippen LogP contribution in [0.1, 0.15) is 88.5 Å². The standard InChI is InChI=1S/C18H26N4O2.C17H17NO2S.C11H11NO3S.2CH4/c1-14(17(23)22-13-10-19-18(22)24)20-15-6-8-16(9-7-15)21-11-4-2-3-5-12-21;1-21(19,20)17-12-14-4-2-3-5-15(14)16(17)7-6-13-8-10-18-11-9-13;13-16(14)7-6-9-11(16)10(12-15-9)8-4-2-1-3-5-8;;/h6-9,14,20H,2-5,10-13H2,1H3,(H,19,24);2-5,8-12,16H,6-7H2,1H3;1-5,9,11H,6-7H2;2*1H4. The van der Waals surface area contributed by atoms with Crippen molar-refractivity contribution in [2.45, 2.75) is 90.0 Å². The number of nitrogens with one attached hydrogen (secondary N) is 2. The first kappa shape index (κ1) is 48.5. The van der Waals surface area contributed by atoms with E-state index < -0.39 is 31.0 Å². The number of imide groups is 1. The fraction of sp³-hybridized carbons (Fsp3) is 0.417. The number of allylic oxidation sites excluding steroid dienone is 1. The number of urea groups is 1. The van der Waals surface area contributed by atoms with Crippen LogP contribution in [-0.2, 0) is 35.7 Å². The molecule has 3 aromatic carbocycles. The van der Waals surface area contributed by atoms with Crippen LogP contribution in [0, 0.1) is 0 Å². The van der Waals surface area contributed by atoms with Gasteiger partial charge in [0.05, 0.1) is 10.7 Å². The lowest BCUT2D eigenvalue weighted by Gasteiger charge is -2.23. The van der Waals surface area contributed by atoms with Gasteiger partial charge in [0.2, 0.25) is 0 Å². The Bertz CT molecular complexity index is 2440. The van der Waals surface area contributed by atoms with E-state index in [0.29, 0.717) is 30.1 Å². The number of anilines is 2. The van der Waals surface area contributed by atoms with Crippen molar-refractivity contribution in [2.24, 2.45) is 5.16 Å². The van der Waals surface area contributed by atoms with Crippen LogP contribution < -0.4 is 15.5 Å². The molecule has 0 bridgehead atoms. The van der Waals surface area contributed by atoms with Gasteiger partial charge in [-0.1, -0.05) is 87.4 Å². The van der Waals surface area contributed by atoms with Crippen LogP contribution in [0.25, 0.3) is 6.08 Å². The van der Waals surface area contributed by atoms with E-state index in [4.69, 9.17) is 4.84 Å². The topological polar surface area (TPSA) is 167 Å². The highest BCUT2D eigenvalue weighted by Crippen LogP contribution is 2.41. The second-order valence-corrected chi connectivity index (χ2v) is 20.3. The van der Waals surface area contributed by atoms with Crippen LogP contribution in [0.15, 0.2) is 113 Å². The van der Waals surface area contributed by atoms with Crippen LogP contribution in [0.2, 0.25) is 0 Å².